The zero-order valence-electron chi connectivity index (χ0n) is 14.5. The Morgan fingerprint density at radius 2 is 1.85 bits per heavy atom. The predicted octanol–water partition coefficient (Wildman–Crippen LogP) is 4.10. The Hall–Kier alpha value is -2.73. The van der Waals surface area contributed by atoms with Gasteiger partial charge in [0, 0.05) is 11.4 Å². The fraction of sp³-hybridized carbons (Fsp3) is 0.200. The third-order valence-electron chi connectivity index (χ3n) is 4.20. The minimum atomic E-state index is -0.498. The molecule has 0 aliphatic carbocycles. The van der Waals surface area contributed by atoms with E-state index in [-0.39, 0.29) is 12.4 Å². The van der Waals surface area contributed by atoms with Crippen LogP contribution in [-0.4, -0.2) is 17.7 Å². The van der Waals surface area contributed by atoms with Crippen LogP contribution in [-0.2, 0) is 9.53 Å². The lowest BCUT2D eigenvalue weighted by Crippen LogP contribution is -2.48. The van der Waals surface area contributed by atoms with Crippen molar-refractivity contribution in [2.45, 2.75) is 19.9 Å². The van der Waals surface area contributed by atoms with E-state index in [4.69, 9.17) is 17.0 Å². The van der Waals surface area contributed by atoms with Gasteiger partial charge < -0.3 is 10.1 Å². The van der Waals surface area contributed by atoms with Gasteiger partial charge in [-0.05, 0) is 55.9 Å². The standard InChI is InChI=1S/C20H19FN2O2S/c1-3-25-19(24)17-13(2)23(16-7-5-4-6-8-16)20(26)22-18(17)14-9-11-15(21)12-10-14/h4-12,18H,3H2,1-2H3,(H,22,26)/t18-/m0/s1. The van der Waals surface area contributed by atoms with Crippen LogP contribution in [0.25, 0.3) is 0 Å². The van der Waals surface area contributed by atoms with Gasteiger partial charge in [0.15, 0.2) is 5.11 Å². The van der Waals surface area contributed by atoms with Crippen molar-refractivity contribution in [2.75, 3.05) is 11.5 Å². The number of rotatable bonds is 4. The van der Waals surface area contributed by atoms with Crippen LogP contribution in [0.5, 0.6) is 0 Å². The molecule has 0 amide bonds. The number of esters is 1. The van der Waals surface area contributed by atoms with E-state index >= 15 is 0 Å². The first-order valence-corrected chi connectivity index (χ1v) is 8.72. The molecule has 1 aliphatic rings. The first-order valence-electron chi connectivity index (χ1n) is 8.32. The highest BCUT2D eigenvalue weighted by atomic mass is 32.1. The Bertz CT molecular complexity index is 850. The average Bonchev–Trinajstić information content (AvgIpc) is 2.63. The Morgan fingerprint density at radius 1 is 1.19 bits per heavy atom. The molecule has 0 saturated heterocycles. The highest BCUT2D eigenvalue weighted by Gasteiger charge is 2.35. The Morgan fingerprint density at radius 3 is 2.46 bits per heavy atom. The zero-order valence-corrected chi connectivity index (χ0v) is 15.3. The second-order valence-corrected chi connectivity index (χ2v) is 6.21. The molecule has 134 valence electrons. The van der Waals surface area contributed by atoms with Crippen LogP contribution in [0.4, 0.5) is 10.1 Å². The first kappa shape index (κ1) is 18.1. The molecule has 1 atom stereocenters. The summed E-state index contributed by atoms with van der Waals surface area (Å²) in [6, 6.07) is 15.1. The number of hydrogen-bond acceptors (Lipinski definition) is 3. The molecule has 1 heterocycles. The van der Waals surface area contributed by atoms with Crippen LogP contribution in [0, 0.1) is 5.82 Å². The van der Waals surface area contributed by atoms with Crippen molar-refractivity contribution in [1.82, 2.24) is 5.32 Å². The van der Waals surface area contributed by atoms with E-state index in [0.717, 1.165) is 11.3 Å². The zero-order chi connectivity index (χ0) is 18.7. The number of carbonyl (C=O) groups is 1. The maximum absolute atomic E-state index is 13.3. The van der Waals surface area contributed by atoms with Crippen molar-refractivity contribution < 1.29 is 13.9 Å². The number of allylic oxidation sites excluding steroid dienone is 1. The number of benzene rings is 2. The summed E-state index contributed by atoms with van der Waals surface area (Å²) in [4.78, 5) is 14.5. The van der Waals surface area contributed by atoms with Gasteiger partial charge in [0.05, 0.1) is 18.2 Å². The second kappa shape index (κ2) is 7.66. The Labute approximate surface area is 157 Å². The molecule has 0 radical (unpaired) electrons. The molecule has 1 N–H and O–H groups in total. The molecule has 0 unspecified atom stereocenters. The van der Waals surface area contributed by atoms with Gasteiger partial charge in [-0.3, -0.25) is 4.90 Å². The van der Waals surface area contributed by atoms with Crippen molar-refractivity contribution in [3.05, 3.63) is 77.2 Å². The molecule has 0 saturated carbocycles. The predicted molar refractivity (Wildman–Crippen MR) is 103 cm³/mol. The Kier molecular flexibility index (Phi) is 5.32. The van der Waals surface area contributed by atoms with Crippen LogP contribution < -0.4 is 10.2 Å². The molecule has 4 nitrogen and oxygen atoms in total. The van der Waals surface area contributed by atoms with Crippen LogP contribution in [0.3, 0.4) is 0 Å². The molecular weight excluding hydrogens is 351 g/mol. The van der Waals surface area contributed by atoms with E-state index in [0.29, 0.717) is 16.4 Å². The summed E-state index contributed by atoms with van der Waals surface area (Å²) < 4.78 is 18.6. The van der Waals surface area contributed by atoms with Crippen LogP contribution >= 0.6 is 12.2 Å². The summed E-state index contributed by atoms with van der Waals surface area (Å²) >= 11 is 5.55. The minimum absolute atomic E-state index is 0.265. The third kappa shape index (κ3) is 3.46. The van der Waals surface area contributed by atoms with Crippen molar-refractivity contribution in [3.8, 4) is 0 Å². The maximum atomic E-state index is 13.3. The highest BCUT2D eigenvalue weighted by Crippen LogP contribution is 2.34. The number of halogens is 1. The van der Waals surface area contributed by atoms with Crippen molar-refractivity contribution in [3.63, 3.8) is 0 Å². The van der Waals surface area contributed by atoms with Crippen molar-refractivity contribution in [2.24, 2.45) is 0 Å². The number of ether oxygens (including phenoxy) is 1. The first-order chi connectivity index (χ1) is 12.5. The lowest BCUT2D eigenvalue weighted by molar-refractivity contribution is -0.139. The summed E-state index contributed by atoms with van der Waals surface area (Å²) in [6.45, 7) is 3.86. The van der Waals surface area contributed by atoms with Gasteiger partial charge in [0.1, 0.15) is 5.82 Å². The number of hydrogen-bond donors (Lipinski definition) is 1. The van der Waals surface area contributed by atoms with Gasteiger partial charge >= 0.3 is 5.97 Å². The van der Waals surface area contributed by atoms with Gasteiger partial charge in [-0.1, -0.05) is 30.3 Å². The summed E-state index contributed by atoms with van der Waals surface area (Å²) in [5, 5.41) is 3.67. The molecule has 0 fully saturated rings. The average molecular weight is 370 g/mol. The normalized spacial score (nSPS) is 17.1. The number of nitrogens with zero attached hydrogens (tertiary/aromatic N) is 1. The van der Waals surface area contributed by atoms with Gasteiger partial charge in [-0.2, -0.15) is 0 Å². The van der Waals surface area contributed by atoms with E-state index < -0.39 is 12.0 Å². The SMILES string of the molecule is CCOC(=O)C1=C(C)N(c2ccccc2)C(=S)N[C@H]1c1ccc(F)cc1. The molecule has 2 aromatic carbocycles. The summed E-state index contributed by atoms with van der Waals surface area (Å²) in [6.07, 6.45) is 0. The molecule has 2 aromatic rings. The summed E-state index contributed by atoms with van der Waals surface area (Å²) in [5.74, 6) is -0.758. The molecule has 0 aromatic heterocycles. The molecule has 0 bridgehead atoms. The maximum Gasteiger partial charge on any atom is 0.338 e. The quantitative estimate of drug-likeness (QED) is 0.648. The molecule has 1 aliphatic heterocycles. The van der Waals surface area contributed by atoms with Crippen LogP contribution in [0.2, 0.25) is 0 Å². The number of anilines is 1. The third-order valence-corrected chi connectivity index (χ3v) is 4.50. The van der Waals surface area contributed by atoms with E-state index in [1.807, 2.05) is 42.2 Å². The molecule has 6 heteroatoms. The van der Waals surface area contributed by atoms with Crippen molar-refractivity contribution >= 4 is 29.0 Å². The van der Waals surface area contributed by atoms with E-state index in [2.05, 4.69) is 5.32 Å². The van der Waals surface area contributed by atoms with Crippen LogP contribution in [0.1, 0.15) is 25.5 Å². The second-order valence-electron chi connectivity index (χ2n) is 5.82. The van der Waals surface area contributed by atoms with Crippen LogP contribution in [0.15, 0.2) is 65.9 Å². The van der Waals surface area contributed by atoms with Gasteiger partial charge in [-0.25, -0.2) is 9.18 Å². The van der Waals surface area contributed by atoms with E-state index in [1.54, 1.807) is 19.1 Å². The number of thiocarbonyl (C=S) groups is 1. The highest BCUT2D eigenvalue weighted by molar-refractivity contribution is 7.80. The molecule has 0 spiro atoms. The number of para-hydroxylation sites is 1. The lowest BCUT2D eigenvalue weighted by atomic mass is 9.94. The van der Waals surface area contributed by atoms with Gasteiger partial charge in [-0.15, -0.1) is 0 Å². The van der Waals surface area contributed by atoms with Gasteiger partial charge in [0.2, 0.25) is 0 Å². The fourth-order valence-corrected chi connectivity index (χ4v) is 3.37. The topological polar surface area (TPSA) is 41.6 Å². The summed E-state index contributed by atoms with van der Waals surface area (Å²) in [5.41, 5.74) is 2.73. The van der Waals surface area contributed by atoms with Gasteiger partial charge in [0.25, 0.3) is 0 Å². The lowest BCUT2D eigenvalue weighted by Gasteiger charge is -2.37. The smallest absolute Gasteiger partial charge is 0.338 e. The fourth-order valence-electron chi connectivity index (χ4n) is 3.01. The van der Waals surface area contributed by atoms with E-state index in [9.17, 15) is 9.18 Å². The minimum Gasteiger partial charge on any atom is -0.463 e. The number of carbonyl (C=O) groups excluding carboxylic acids is 1. The monoisotopic (exact) mass is 370 g/mol. The summed E-state index contributed by atoms with van der Waals surface area (Å²) in [7, 11) is 0. The molecule has 26 heavy (non-hydrogen) atoms. The Balaban J connectivity index is 2.11. The number of nitrogens with one attached hydrogen (secondary N) is 1. The van der Waals surface area contributed by atoms with E-state index in [1.165, 1.54) is 12.1 Å². The van der Waals surface area contributed by atoms with Crippen molar-refractivity contribution in [1.29, 1.82) is 0 Å². The molecule has 3 rings (SSSR count). The molecular formula is C20H19FN2O2S. The largest absolute Gasteiger partial charge is 0.463 e.